The van der Waals surface area contributed by atoms with Crippen LogP contribution in [0, 0.1) is 6.92 Å². The lowest BCUT2D eigenvalue weighted by molar-refractivity contribution is 0.100. The van der Waals surface area contributed by atoms with E-state index in [4.69, 9.17) is 15.3 Å². The van der Waals surface area contributed by atoms with Gasteiger partial charge in [-0.25, -0.2) is 0 Å². The van der Waals surface area contributed by atoms with Gasteiger partial charge in [0.25, 0.3) is 0 Å². The summed E-state index contributed by atoms with van der Waals surface area (Å²) in [5, 5.41) is 0. The van der Waals surface area contributed by atoms with Gasteiger partial charge in [0.2, 0.25) is 0 Å². The average Bonchev–Trinajstić information content (AvgIpc) is 2.38. The Morgan fingerprint density at radius 3 is 2.61 bits per heavy atom. The van der Waals surface area contributed by atoms with Crippen LogP contribution in [0.4, 0.5) is 0 Å². The molecule has 0 fully saturated rings. The van der Waals surface area contributed by atoms with Crippen LogP contribution in [0.3, 0.4) is 0 Å². The Hall–Kier alpha value is -1.10. The van der Waals surface area contributed by atoms with Crippen LogP contribution in [0.5, 0.6) is 5.75 Å². The Balaban J connectivity index is 2.77. The van der Waals surface area contributed by atoms with Crippen LogP contribution in [0.1, 0.15) is 24.5 Å². The van der Waals surface area contributed by atoms with Gasteiger partial charge in [-0.05, 0) is 38.3 Å². The highest BCUT2D eigenvalue weighted by atomic mass is 16.5. The van der Waals surface area contributed by atoms with Crippen molar-refractivity contribution in [3.63, 3.8) is 0 Å². The van der Waals surface area contributed by atoms with Crippen LogP contribution in [-0.2, 0) is 11.2 Å². The Kier molecular flexibility index (Phi) is 6.12. The third-order valence-electron chi connectivity index (χ3n) is 3.16. The van der Waals surface area contributed by atoms with Crippen molar-refractivity contribution in [3.05, 3.63) is 29.3 Å². The molecule has 0 aliphatic rings. The van der Waals surface area contributed by atoms with E-state index in [9.17, 15) is 0 Å². The number of nitrogens with one attached hydrogen (secondary N) is 1. The van der Waals surface area contributed by atoms with E-state index in [-0.39, 0.29) is 12.1 Å². The molecule has 0 aromatic heterocycles. The first kappa shape index (κ1) is 15.0. The molecule has 4 nitrogen and oxygen atoms in total. The minimum atomic E-state index is 0.177. The van der Waals surface area contributed by atoms with Crippen molar-refractivity contribution in [1.82, 2.24) is 5.43 Å². The lowest BCUT2D eigenvalue weighted by Gasteiger charge is -2.20. The second-order valence-electron chi connectivity index (χ2n) is 4.67. The fourth-order valence-corrected chi connectivity index (χ4v) is 2.04. The van der Waals surface area contributed by atoms with Gasteiger partial charge in [-0.3, -0.25) is 11.3 Å². The second-order valence-corrected chi connectivity index (χ2v) is 4.67. The summed E-state index contributed by atoms with van der Waals surface area (Å²) in [5.74, 6) is 6.52. The Morgan fingerprint density at radius 1 is 1.33 bits per heavy atom. The first-order chi connectivity index (χ1) is 8.60. The first-order valence-corrected chi connectivity index (χ1v) is 6.23. The third kappa shape index (κ3) is 4.29. The molecule has 2 unspecified atom stereocenters. The molecule has 1 rings (SSSR count). The Labute approximate surface area is 109 Å². The lowest BCUT2D eigenvalue weighted by atomic mass is 9.99. The summed E-state index contributed by atoms with van der Waals surface area (Å²) < 4.78 is 10.7. The van der Waals surface area contributed by atoms with Gasteiger partial charge in [0, 0.05) is 13.2 Å². The maximum absolute atomic E-state index is 5.61. The largest absolute Gasteiger partial charge is 0.496 e. The number of hydrogen-bond donors (Lipinski definition) is 2. The van der Waals surface area contributed by atoms with Crippen LogP contribution in [-0.4, -0.2) is 26.4 Å². The fraction of sp³-hybridized carbons (Fsp3) is 0.571. The molecule has 3 N–H and O–H groups in total. The quantitative estimate of drug-likeness (QED) is 0.574. The van der Waals surface area contributed by atoms with E-state index in [1.165, 1.54) is 11.1 Å². The van der Waals surface area contributed by atoms with Gasteiger partial charge in [0.05, 0.1) is 13.2 Å². The molecule has 0 saturated heterocycles. The smallest absolute Gasteiger partial charge is 0.122 e. The molecule has 4 heteroatoms. The topological polar surface area (TPSA) is 56.5 Å². The molecule has 0 spiro atoms. The van der Waals surface area contributed by atoms with Crippen molar-refractivity contribution < 1.29 is 9.47 Å². The average molecular weight is 252 g/mol. The van der Waals surface area contributed by atoms with Gasteiger partial charge in [0.1, 0.15) is 5.75 Å². The number of ether oxygens (including phenoxy) is 2. The number of rotatable bonds is 7. The molecule has 102 valence electrons. The van der Waals surface area contributed by atoms with Crippen molar-refractivity contribution in [2.24, 2.45) is 5.84 Å². The van der Waals surface area contributed by atoms with E-state index in [1.54, 1.807) is 14.2 Å². The molecule has 18 heavy (non-hydrogen) atoms. The zero-order chi connectivity index (χ0) is 13.5. The molecule has 0 heterocycles. The van der Waals surface area contributed by atoms with Gasteiger partial charge in [0.15, 0.2) is 0 Å². The zero-order valence-corrected chi connectivity index (χ0v) is 11.7. The Bertz CT molecular complexity index is 369. The van der Waals surface area contributed by atoms with Crippen LogP contribution in [0.15, 0.2) is 18.2 Å². The number of hydrazine groups is 1. The summed E-state index contributed by atoms with van der Waals surface area (Å²) in [6.45, 7) is 4.11. The van der Waals surface area contributed by atoms with Crippen molar-refractivity contribution in [2.75, 3.05) is 14.2 Å². The lowest BCUT2D eigenvalue weighted by Crippen LogP contribution is -2.39. The normalized spacial score (nSPS) is 14.3. The SMILES string of the molecule is COc1ccc(C)cc1CC(CC(C)OC)NN. The molecule has 0 aliphatic carbocycles. The molecule has 0 saturated carbocycles. The predicted octanol–water partition coefficient (Wildman–Crippen LogP) is 1.80. The molecule has 1 aromatic rings. The Morgan fingerprint density at radius 2 is 2.06 bits per heavy atom. The number of nitrogens with two attached hydrogens (primary N) is 1. The molecular formula is C14H24N2O2. The maximum atomic E-state index is 5.61. The molecule has 0 amide bonds. The van der Waals surface area contributed by atoms with E-state index >= 15 is 0 Å². The van der Waals surface area contributed by atoms with Crippen LogP contribution < -0.4 is 16.0 Å². The summed E-state index contributed by atoms with van der Waals surface area (Å²) >= 11 is 0. The number of aryl methyl sites for hydroxylation is 1. The molecule has 0 radical (unpaired) electrons. The predicted molar refractivity (Wildman–Crippen MR) is 73.6 cm³/mol. The van der Waals surface area contributed by atoms with E-state index in [0.717, 1.165) is 18.6 Å². The van der Waals surface area contributed by atoms with E-state index in [2.05, 4.69) is 18.4 Å². The van der Waals surface area contributed by atoms with Crippen LogP contribution in [0.25, 0.3) is 0 Å². The molecule has 2 atom stereocenters. The molecule has 1 aromatic carbocycles. The number of benzene rings is 1. The van der Waals surface area contributed by atoms with Gasteiger partial charge in [-0.1, -0.05) is 17.7 Å². The highest BCUT2D eigenvalue weighted by Crippen LogP contribution is 2.22. The van der Waals surface area contributed by atoms with Crippen molar-refractivity contribution in [3.8, 4) is 5.75 Å². The second kappa shape index (κ2) is 7.36. The monoisotopic (exact) mass is 252 g/mol. The summed E-state index contributed by atoms with van der Waals surface area (Å²) in [5.41, 5.74) is 5.24. The van der Waals surface area contributed by atoms with Crippen molar-refractivity contribution in [1.29, 1.82) is 0 Å². The minimum Gasteiger partial charge on any atom is -0.496 e. The summed E-state index contributed by atoms with van der Waals surface area (Å²) in [6, 6.07) is 6.36. The first-order valence-electron chi connectivity index (χ1n) is 6.23. The minimum absolute atomic E-state index is 0.177. The van der Waals surface area contributed by atoms with Gasteiger partial charge in [-0.2, -0.15) is 0 Å². The van der Waals surface area contributed by atoms with Crippen LogP contribution >= 0.6 is 0 Å². The zero-order valence-electron chi connectivity index (χ0n) is 11.7. The molecular weight excluding hydrogens is 228 g/mol. The van der Waals surface area contributed by atoms with E-state index < -0.39 is 0 Å². The van der Waals surface area contributed by atoms with E-state index in [1.807, 2.05) is 19.1 Å². The van der Waals surface area contributed by atoms with Crippen LogP contribution in [0.2, 0.25) is 0 Å². The third-order valence-corrected chi connectivity index (χ3v) is 3.16. The van der Waals surface area contributed by atoms with Gasteiger partial charge < -0.3 is 9.47 Å². The summed E-state index contributed by atoms with van der Waals surface area (Å²) in [4.78, 5) is 0. The highest BCUT2D eigenvalue weighted by molar-refractivity contribution is 5.37. The standard InChI is InChI=1S/C14H24N2O2/c1-10-5-6-14(18-4)12(7-10)9-13(16-15)8-11(2)17-3/h5-7,11,13,16H,8-9,15H2,1-4H3. The van der Waals surface area contributed by atoms with Crippen molar-refractivity contribution in [2.45, 2.75) is 38.8 Å². The fourth-order valence-electron chi connectivity index (χ4n) is 2.04. The maximum Gasteiger partial charge on any atom is 0.122 e. The van der Waals surface area contributed by atoms with Gasteiger partial charge >= 0.3 is 0 Å². The summed E-state index contributed by atoms with van der Waals surface area (Å²) in [7, 11) is 3.41. The number of methoxy groups -OCH3 is 2. The van der Waals surface area contributed by atoms with E-state index in [0.29, 0.717) is 0 Å². The van der Waals surface area contributed by atoms with Crippen molar-refractivity contribution >= 4 is 0 Å². The highest BCUT2D eigenvalue weighted by Gasteiger charge is 2.14. The molecule has 0 aliphatic heterocycles. The molecule has 0 bridgehead atoms. The van der Waals surface area contributed by atoms with Gasteiger partial charge in [-0.15, -0.1) is 0 Å². The number of hydrogen-bond acceptors (Lipinski definition) is 4. The summed E-state index contributed by atoms with van der Waals surface area (Å²) in [6.07, 6.45) is 1.88.